The van der Waals surface area contributed by atoms with Crippen molar-refractivity contribution in [3.8, 4) is 0 Å². The summed E-state index contributed by atoms with van der Waals surface area (Å²) in [4.78, 5) is 14.1. The average molecular weight is 224 g/mol. The summed E-state index contributed by atoms with van der Waals surface area (Å²) in [5.41, 5.74) is 0. The van der Waals surface area contributed by atoms with Crippen LogP contribution in [-0.2, 0) is 4.79 Å². The quantitative estimate of drug-likeness (QED) is 0.746. The molecule has 16 heavy (non-hydrogen) atoms. The molecule has 1 amide bonds. The zero-order valence-corrected chi connectivity index (χ0v) is 10.4. The highest BCUT2D eigenvalue weighted by Gasteiger charge is 2.28. The number of rotatable bonds is 6. The number of hydrogen-bond donors (Lipinski definition) is 1. The lowest BCUT2D eigenvalue weighted by Crippen LogP contribution is -2.50. The van der Waals surface area contributed by atoms with E-state index in [1.54, 1.807) is 0 Å². The first kappa shape index (κ1) is 11.9. The fourth-order valence-corrected chi connectivity index (χ4v) is 2.58. The minimum Gasteiger partial charge on any atom is -0.341 e. The van der Waals surface area contributed by atoms with Gasteiger partial charge in [-0.3, -0.25) is 4.79 Å². The van der Waals surface area contributed by atoms with Crippen molar-refractivity contribution < 1.29 is 4.79 Å². The number of piperidine rings is 1. The molecule has 1 N–H and O–H groups in total. The smallest absolute Gasteiger partial charge is 0.239 e. The van der Waals surface area contributed by atoms with Crippen LogP contribution in [0.3, 0.4) is 0 Å². The molecule has 2 rings (SSSR count). The van der Waals surface area contributed by atoms with Crippen LogP contribution in [0.4, 0.5) is 0 Å². The van der Waals surface area contributed by atoms with Gasteiger partial charge >= 0.3 is 0 Å². The Morgan fingerprint density at radius 2 is 2.19 bits per heavy atom. The number of nitrogens with zero attached hydrogens (tertiary/aromatic N) is 1. The average Bonchev–Trinajstić information content (AvgIpc) is 3.08. The molecule has 1 atom stereocenters. The normalized spacial score (nSPS) is 26.2. The molecule has 2 aliphatic rings. The van der Waals surface area contributed by atoms with E-state index < -0.39 is 0 Å². The Labute approximate surface area is 98.6 Å². The molecule has 1 aliphatic carbocycles. The predicted molar refractivity (Wildman–Crippen MR) is 65.2 cm³/mol. The van der Waals surface area contributed by atoms with E-state index in [9.17, 15) is 4.79 Å². The first-order valence-electron chi connectivity index (χ1n) is 6.83. The molecule has 1 aliphatic heterocycles. The minimum absolute atomic E-state index is 0.0969. The highest BCUT2D eigenvalue weighted by atomic mass is 16.2. The lowest BCUT2D eigenvalue weighted by atomic mass is 10.0. The summed E-state index contributed by atoms with van der Waals surface area (Å²) in [6.07, 6.45) is 7.56. The van der Waals surface area contributed by atoms with Gasteiger partial charge in [0.2, 0.25) is 5.91 Å². The molecule has 0 spiro atoms. The van der Waals surface area contributed by atoms with Crippen molar-refractivity contribution >= 4 is 5.91 Å². The van der Waals surface area contributed by atoms with Crippen molar-refractivity contribution in [2.45, 2.75) is 51.5 Å². The fraction of sp³-hybridized carbons (Fsp3) is 0.923. The molecule has 0 aromatic carbocycles. The van der Waals surface area contributed by atoms with E-state index in [1.165, 1.54) is 25.7 Å². The molecule has 92 valence electrons. The Balaban J connectivity index is 1.71. The summed E-state index contributed by atoms with van der Waals surface area (Å²) in [5.74, 6) is 1.33. The Hall–Kier alpha value is -0.570. The Morgan fingerprint density at radius 1 is 1.38 bits per heavy atom. The Kier molecular flexibility index (Phi) is 4.22. The molecule has 1 unspecified atom stereocenters. The van der Waals surface area contributed by atoms with Gasteiger partial charge in [0.1, 0.15) is 0 Å². The van der Waals surface area contributed by atoms with Gasteiger partial charge in [0, 0.05) is 13.1 Å². The van der Waals surface area contributed by atoms with Crippen LogP contribution in [0.2, 0.25) is 0 Å². The van der Waals surface area contributed by atoms with Gasteiger partial charge in [0.25, 0.3) is 0 Å². The van der Waals surface area contributed by atoms with Gasteiger partial charge in [-0.05, 0) is 38.1 Å². The van der Waals surface area contributed by atoms with E-state index in [4.69, 9.17) is 0 Å². The van der Waals surface area contributed by atoms with Crippen molar-refractivity contribution in [3.05, 3.63) is 0 Å². The van der Waals surface area contributed by atoms with Crippen LogP contribution in [-0.4, -0.2) is 36.5 Å². The van der Waals surface area contributed by atoms with Gasteiger partial charge in [-0.15, -0.1) is 0 Å². The molecule has 1 saturated heterocycles. The highest BCUT2D eigenvalue weighted by molar-refractivity contribution is 5.82. The van der Waals surface area contributed by atoms with E-state index in [-0.39, 0.29) is 6.04 Å². The van der Waals surface area contributed by atoms with E-state index in [0.717, 1.165) is 38.4 Å². The summed E-state index contributed by atoms with van der Waals surface area (Å²) in [6.45, 7) is 4.92. The van der Waals surface area contributed by atoms with Crippen molar-refractivity contribution in [1.82, 2.24) is 10.2 Å². The maximum Gasteiger partial charge on any atom is 0.239 e. The number of likely N-dealkylation sites (N-methyl/N-ethyl adjacent to an activating group) is 1. The number of hydrogen-bond acceptors (Lipinski definition) is 2. The van der Waals surface area contributed by atoms with Gasteiger partial charge in [0.15, 0.2) is 0 Å². The monoisotopic (exact) mass is 224 g/mol. The third-order valence-electron chi connectivity index (χ3n) is 3.72. The second-order valence-corrected chi connectivity index (χ2v) is 5.16. The van der Waals surface area contributed by atoms with Crippen molar-refractivity contribution in [2.24, 2.45) is 5.92 Å². The molecule has 0 bridgehead atoms. The van der Waals surface area contributed by atoms with Gasteiger partial charge in [0.05, 0.1) is 6.04 Å². The third-order valence-corrected chi connectivity index (χ3v) is 3.72. The number of amides is 1. The minimum atomic E-state index is 0.0969. The van der Waals surface area contributed by atoms with Crippen molar-refractivity contribution in [2.75, 3.05) is 19.6 Å². The van der Waals surface area contributed by atoms with Crippen LogP contribution >= 0.6 is 0 Å². The fourth-order valence-electron chi connectivity index (χ4n) is 2.58. The largest absolute Gasteiger partial charge is 0.341 e. The van der Waals surface area contributed by atoms with Crippen LogP contribution in [0.1, 0.15) is 45.4 Å². The lowest BCUT2D eigenvalue weighted by Gasteiger charge is -2.32. The maximum absolute atomic E-state index is 12.1. The second kappa shape index (κ2) is 5.67. The Morgan fingerprint density at radius 3 is 2.88 bits per heavy atom. The second-order valence-electron chi connectivity index (χ2n) is 5.16. The number of carbonyl (C=O) groups is 1. The van der Waals surface area contributed by atoms with Crippen LogP contribution < -0.4 is 5.32 Å². The van der Waals surface area contributed by atoms with Crippen LogP contribution in [0.15, 0.2) is 0 Å². The first-order valence-corrected chi connectivity index (χ1v) is 6.83. The first-order chi connectivity index (χ1) is 7.81. The molecular formula is C13H24N2O. The Bertz CT molecular complexity index is 236. The van der Waals surface area contributed by atoms with Crippen LogP contribution in [0.5, 0.6) is 0 Å². The lowest BCUT2D eigenvalue weighted by molar-refractivity contribution is -0.136. The van der Waals surface area contributed by atoms with Gasteiger partial charge in [-0.2, -0.15) is 0 Å². The van der Waals surface area contributed by atoms with E-state index in [2.05, 4.69) is 17.1 Å². The number of nitrogens with one attached hydrogen (secondary N) is 1. The molecule has 2 fully saturated rings. The number of likely N-dealkylation sites (tertiary alicyclic amines) is 1. The molecule has 1 saturated carbocycles. The summed E-state index contributed by atoms with van der Waals surface area (Å²) >= 11 is 0. The van der Waals surface area contributed by atoms with Crippen molar-refractivity contribution in [1.29, 1.82) is 0 Å². The standard InChI is InChI=1S/C13H24N2O/c1-2-14-12-6-4-10-15(13(12)16)9-3-5-11-7-8-11/h11-12,14H,2-10H2,1H3. The van der Waals surface area contributed by atoms with Crippen molar-refractivity contribution in [3.63, 3.8) is 0 Å². The third kappa shape index (κ3) is 3.21. The molecule has 3 nitrogen and oxygen atoms in total. The highest BCUT2D eigenvalue weighted by Crippen LogP contribution is 2.33. The summed E-state index contributed by atoms with van der Waals surface area (Å²) in [7, 11) is 0. The van der Waals surface area contributed by atoms with E-state index in [0.29, 0.717) is 5.91 Å². The molecular weight excluding hydrogens is 200 g/mol. The maximum atomic E-state index is 12.1. The zero-order chi connectivity index (χ0) is 11.4. The number of carbonyl (C=O) groups excluding carboxylic acids is 1. The molecule has 0 radical (unpaired) electrons. The molecule has 0 aromatic rings. The van der Waals surface area contributed by atoms with Gasteiger partial charge in [-0.25, -0.2) is 0 Å². The predicted octanol–water partition coefficient (Wildman–Crippen LogP) is 1.78. The van der Waals surface area contributed by atoms with E-state index >= 15 is 0 Å². The van der Waals surface area contributed by atoms with Crippen LogP contribution in [0, 0.1) is 5.92 Å². The van der Waals surface area contributed by atoms with Gasteiger partial charge < -0.3 is 10.2 Å². The van der Waals surface area contributed by atoms with Gasteiger partial charge in [-0.1, -0.05) is 19.8 Å². The van der Waals surface area contributed by atoms with Crippen LogP contribution in [0.25, 0.3) is 0 Å². The topological polar surface area (TPSA) is 32.3 Å². The molecule has 0 aromatic heterocycles. The molecule has 3 heteroatoms. The zero-order valence-electron chi connectivity index (χ0n) is 10.4. The SMILES string of the molecule is CCNC1CCCN(CCCC2CC2)C1=O. The summed E-state index contributed by atoms with van der Waals surface area (Å²) in [6, 6.07) is 0.0969. The summed E-state index contributed by atoms with van der Waals surface area (Å²) < 4.78 is 0. The van der Waals surface area contributed by atoms with E-state index in [1.807, 2.05) is 0 Å². The summed E-state index contributed by atoms with van der Waals surface area (Å²) in [5, 5.41) is 3.28. The molecule has 1 heterocycles.